The van der Waals surface area contributed by atoms with Crippen molar-refractivity contribution >= 4 is 23.5 Å². The molecule has 0 radical (unpaired) electrons. The number of hydrogen-bond donors (Lipinski definition) is 1. The molecule has 0 saturated carbocycles. The Kier molecular flexibility index (Phi) is 4.38. The van der Waals surface area contributed by atoms with Crippen LogP contribution in [0.4, 0.5) is 5.82 Å². The maximum absolute atomic E-state index is 12.5. The van der Waals surface area contributed by atoms with Crippen LogP contribution in [0.1, 0.15) is 16.2 Å². The summed E-state index contributed by atoms with van der Waals surface area (Å²) in [6.45, 7) is 1.88. The Bertz CT molecular complexity index is 846. The number of aryl methyl sites for hydroxylation is 1. The number of aromatic nitrogens is 4. The van der Waals surface area contributed by atoms with Crippen LogP contribution in [0, 0.1) is 6.92 Å². The minimum absolute atomic E-state index is 0.193. The average molecular weight is 325 g/mol. The van der Waals surface area contributed by atoms with Crippen molar-refractivity contribution in [3.63, 3.8) is 0 Å². The third-order valence-electron chi connectivity index (χ3n) is 3.32. The summed E-state index contributed by atoms with van der Waals surface area (Å²) in [6, 6.07) is 9.18. The number of nitrogens with one attached hydrogen (secondary N) is 1. The maximum Gasteiger partial charge on any atom is 0.257 e. The quantitative estimate of drug-likeness (QED) is 0.747. The van der Waals surface area contributed by atoms with Gasteiger partial charge in [0.1, 0.15) is 23.8 Å². The summed E-state index contributed by atoms with van der Waals surface area (Å²) < 4.78 is 1.83. The number of nitrogens with zero attached hydrogens (tertiary/aromatic N) is 4. The van der Waals surface area contributed by atoms with Gasteiger partial charge in [-0.25, -0.2) is 15.0 Å². The second-order valence-electron chi connectivity index (χ2n) is 4.76. The van der Waals surface area contributed by atoms with Gasteiger partial charge in [-0.15, -0.1) is 11.8 Å². The zero-order chi connectivity index (χ0) is 16.2. The van der Waals surface area contributed by atoms with Crippen LogP contribution in [0.25, 0.3) is 5.82 Å². The van der Waals surface area contributed by atoms with Gasteiger partial charge in [0.2, 0.25) is 0 Å². The summed E-state index contributed by atoms with van der Waals surface area (Å²) in [6.07, 6.45) is 6.87. The van der Waals surface area contributed by atoms with Gasteiger partial charge in [0.05, 0.1) is 5.56 Å². The molecule has 0 unspecified atom stereocenters. The van der Waals surface area contributed by atoms with Crippen molar-refractivity contribution in [2.24, 2.45) is 0 Å². The van der Waals surface area contributed by atoms with E-state index in [1.54, 1.807) is 18.3 Å². The number of thioether (sulfide) groups is 1. The minimum Gasteiger partial charge on any atom is -0.306 e. The molecular formula is C16H15N5OS. The number of amides is 1. The zero-order valence-electron chi connectivity index (χ0n) is 12.7. The lowest BCUT2D eigenvalue weighted by molar-refractivity contribution is 0.102. The number of imidazole rings is 1. The Hall–Kier alpha value is -2.67. The number of hydrogen-bond acceptors (Lipinski definition) is 5. The highest BCUT2D eigenvalue weighted by molar-refractivity contribution is 7.98. The molecule has 1 N–H and O–H groups in total. The normalized spacial score (nSPS) is 10.5. The Morgan fingerprint density at radius 2 is 2.04 bits per heavy atom. The molecule has 0 fully saturated rings. The molecular weight excluding hydrogens is 310 g/mol. The smallest absolute Gasteiger partial charge is 0.257 e. The summed E-state index contributed by atoms with van der Waals surface area (Å²) >= 11 is 1.53. The summed E-state index contributed by atoms with van der Waals surface area (Å²) in [5.74, 6) is 1.73. The van der Waals surface area contributed by atoms with Gasteiger partial charge in [-0.05, 0) is 25.3 Å². The van der Waals surface area contributed by atoms with E-state index < -0.39 is 0 Å². The zero-order valence-corrected chi connectivity index (χ0v) is 13.5. The third-order valence-corrected chi connectivity index (χ3v) is 4.11. The molecule has 7 heteroatoms. The molecule has 0 aliphatic carbocycles. The van der Waals surface area contributed by atoms with E-state index in [1.165, 1.54) is 18.1 Å². The Morgan fingerprint density at radius 1 is 1.22 bits per heavy atom. The van der Waals surface area contributed by atoms with Crippen LogP contribution < -0.4 is 5.32 Å². The molecule has 1 amide bonds. The van der Waals surface area contributed by atoms with Crippen molar-refractivity contribution in [2.75, 3.05) is 11.6 Å². The fourth-order valence-electron chi connectivity index (χ4n) is 2.18. The predicted molar refractivity (Wildman–Crippen MR) is 90.1 cm³/mol. The van der Waals surface area contributed by atoms with Crippen molar-refractivity contribution in [2.45, 2.75) is 11.8 Å². The monoisotopic (exact) mass is 325 g/mol. The largest absolute Gasteiger partial charge is 0.306 e. The van der Waals surface area contributed by atoms with Gasteiger partial charge in [-0.3, -0.25) is 9.36 Å². The molecule has 0 aliphatic heterocycles. The van der Waals surface area contributed by atoms with E-state index in [2.05, 4.69) is 20.3 Å². The summed E-state index contributed by atoms with van der Waals surface area (Å²) in [4.78, 5) is 25.9. The first kappa shape index (κ1) is 15.2. The van der Waals surface area contributed by atoms with Crippen LogP contribution in [0.15, 0.2) is 53.9 Å². The molecule has 3 rings (SSSR count). The summed E-state index contributed by atoms with van der Waals surface area (Å²) in [7, 11) is 0. The fraction of sp³-hybridized carbons (Fsp3) is 0.125. The van der Waals surface area contributed by atoms with Crippen molar-refractivity contribution in [3.8, 4) is 5.82 Å². The number of carbonyl (C=O) groups excluding carboxylic acids is 1. The van der Waals surface area contributed by atoms with E-state index in [0.29, 0.717) is 17.2 Å². The van der Waals surface area contributed by atoms with Crippen LogP contribution in [0.3, 0.4) is 0 Å². The van der Waals surface area contributed by atoms with Crippen LogP contribution in [0.2, 0.25) is 0 Å². The molecule has 6 nitrogen and oxygen atoms in total. The minimum atomic E-state index is -0.193. The number of anilines is 1. The second-order valence-corrected chi connectivity index (χ2v) is 5.61. The van der Waals surface area contributed by atoms with Crippen molar-refractivity contribution in [1.29, 1.82) is 0 Å². The van der Waals surface area contributed by atoms with Gasteiger partial charge < -0.3 is 5.32 Å². The molecule has 3 aromatic rings. The van der Waals surface area contributed by atoms with Gasteiger partial charge in [-0.2, -0.15) is 0 Å². The van der Waals surface area contributed by atoms with Gasteiger partial charge in [-0.1, -0.05) is 12.1 Å². The van der Waals surface area contributed by atoms with Crippen LogP contribution in [-0.2, 0) is 0 Å². The van der Waals surface area contributed by atoms with Gasteiger partial charge in [0, 0.05) is 23.4 Å². The summed E-state index contributed by atoms with van der Waals surface area (Å²) in [5.41, 5.74) is 0.624. The van der Waals surface area contributed by atoms with E-state index in [-0.39, 0.29) is 5.91 Å². The molecule has 2 aromatic heterocycles. The third kappa shape index (κ3) is 3.24. The molecule has 0 saturated heterocycles. The van der Waals surface area contributed by atoms with Gasteiger partial charge >= 0.3 is 0 Å². The molecule has 0 aliphatic rings. The first-order chi connectivity index (χ1) is 11.2. The molecule has 0 atom stereocenters. The molecule has 0 bridgehead atoms. The first-order valence-electron chi connectivity index (χ1n) is 6.96. The molecule has 116 valence electrons. The van der Waals surface area contributed by atoms with Gasteiger partial charge in [0.15, 0.2) is 0 Å². The van der Waals surface area contributed by atoms with E-state index >= 15 is 0 Å². The van der Waals surface area contributed by atoms with E-state index in [1.807, 2.05) is 42.1 Å². The number of rotatable bonds is 4. The molecule has 23 heavy (non-hydrogen) atoms. The van der Waals surface area contributed by atoms with Crippen molar-refractivity contribution in [1.82, 2.24) is 19.5 Å². The standard InChI is InChI=1S/C16H15N5OS/c1-11-17-7-8-21(11)15-9-14(18-10-19-15)20-16(22)12-5-3-4-6-13(12)23-2/h3-10H,1-2H3,(H,18,19,20,22). The topological polar surface area (TPSA) is 72.7 Å². The predicted octanol–water partition coefficient (Wildman–Crippen LogP) is 2.94. The second kappa shape index (κ2) is 6.62. The lowest BCUT2D eigenvalue weighted by Gasteiger charge is -2.09. The van der Waals surface area contributed by atoms with Crippen LogP contribution in [0.5, 0.6) is 0 Å². The highest BCUT2D eigenvalue weighted by Gasteiger charge is 2.12. The highest BCUT2D eigenvalue weighted by atomic mass is 32.2. The summed E-state index contributed by atoms with van der Waals surface area (Å²) in [5, 5.41) is 2.82. The average Bonchev–Trinajstić information content (AvgIpc) is 3.01. The lowest BCUT2D eigenvalue weighted by atomic mass is 10.2. The van der Waals surface area contributed by atoms with Crippen molar-refractivity contribution in [3.05, 3.63) is 60.4 Å². The fourth-order valence-corrected chi connectivity index (χ4v) is 2.78. The Labute approximate surface area is 138 Å². The Morgan fingerprint density at radius 3 is 2.78 bits per heavy atom. The van der Waals surface area contributed by atoms with Crippen LogP contribution in [-0.4, -0.2) is 31.7 Å². The lowest BCUT2D eigenvalue weighted by Crippen LogP contribution is -2.14. The maximum atomic E-state index is 12.5. The molecule has 1 aromatic carbocycles. The molecule has 0 spiro atoms. The van der Waals surface area contributed by atoms with Gasteiger partial charge in [0.25, 0.3) is 5.91 Å². The molecule has 2 heterocycles. The van der Waals surface area contributed by atoms with E-state index in [9.17, 15) is 4.79 Å². The van der Waals surface area contributed by atoms with Crippen molar-refractivity contribution < 1.29 is 4.79 Å². The highest BCUT2D eigenvalue weighted by Crippen LogP contribution is 2.21. The SMILES string of the molecule is CSc1ccccc1C(=O)Nc1cc(-n2ccnc2C)ncn1. The number of carbonyl (C=O) groups is 1. The first-order valence-corrected chi connectivity index (χ1v) is 8.18. The number of benzene rings is 1. The Balaban J connectivity index is 1.86. The van der Waals surface area contributed by atoms with E-state index in [0.717, 1.165) is 10.7 Å². The van der Waals surface area contributed by atoms with E-state index in [4.69, 9.17) is 0 Å². The van der Waals surface area contributed by atoms with Crippen LogP contribution >= 0.6 is 11.8 Å².